The third kappa shape index (κ3) is 7.03. The molecule has 5 aromatic rings. The molecule has 0 bridgehead atoms. The zero-order valence-corrected chi connectivity index (χ0v) is 23.1. The standard InChI is InChI=1S/C29H28O3.C7H8O/c1-29(2,24-11-17-27(32)18-12-24)23-9-5-21(6-10-23)28(22-7-15-26(31)16-8-22)19-20-3-13-25(30)14-4-20;1-6-4-2-3-5-7(6)8/h3-18,28,30-32H,19H2,1-2H3;2-5,8H,1H3. The highest BCUT2D eigenvalue weighted by atomic mass is 16.3. The Morgan fingerprint density at radius 1 is 0.525 bits per heavy atom. The van der Waals surface area contributed by atoms with E-state index in [1.807, 2.05) is 61.5 Å². The number of rotatable bonds is 6. The Labute approximate surface area is 236 Å². The summed E-state index contributed by atoms with van der Waals surface area (Å²) in [5.74, 6) is 1.27. The number of para-hydroxylation sites is 1. The second kappa shape index (κ2) is 12.4. The van der Waals surface area contributed by atoms with Crippen molar-refractivity contribution in [3.8, 4) is 23.0 Å². The minimum absolute atomic E-state index is 0.117. The summed E-state index contributed by atoms with van der Waals surface area (Å²) in [6, 6.07) is 38.0. The Morgan fingerprint density at radius 2 is 0.925 bits per heavy atom. The zero-order valence-electron chi connectivity index (χ0n) is 23.1. The van der Waals surface area contributed by atoms with Crippen LogP contribution < -0.4 is 0 Å². The van der Waals surface area contributed by atoms with Gasteiger partial charge >= 0.3 is 0 Å². The average Bonchev–Trinajstić information content (AvgIpc) is 2.96. The fourth-order valence-corrected chi connectivity index (χ4v) is 4.74. The molecule has 4 N–H and O–H groups in total. The molecule has 1 atom stereocenters. The number of phenols is 4. The van der Waals surface area contributed by atoms with Gasteiger partial charge in [0.25, 0.3) is 0 Å². The van der Waals surface area contributed by atoms with Crippen LogP contribution in [-0.2, 0) is 11.8 Å². The summed E-state index contributed by atoms with van der Waals surface area (Å²) in [6.07, 6.45) is 0.783. The molecule has 0 saturated carbocycles. The molecule has 0 spiro atoms. The summed E-state index contributed by atoms with van der Waals surface area (Å²) >= 11 is 0. The Morgan fingerprint density at radius 3 is 1.38 bits per heavy atom. The topological polar surface area (TPSA) is 80.9 Å². The Hall–Kier alpha value is -4.70. The van der Waals surface area contributed by atoms with Crippen molar-refractivity contribution in [1.29, 1.82) is 0 Å². The molecule has 0 aromatic heterocycles. The van der Waals surface area contributed by atoms with Gasteiger partial charge in [-0.25, -0.2) is 0 Å². The molecule has 0 aliphatic carbocycles. The molecule has 5 rings (SSSR count). The second-order valence-corrected chi connectivity index (χ2v) is 10.6. The quantitative estimate of drug-likeness (QED) is 0.178. The van der Waals surface area contributed by atoms with Gasteiger partial charge in [0.05, 0.1) is 0 Å². The summed E-state index contributed by atoms with van der Waals surface area (Å²) in [6.45, 7) is 6.24. The van der Waals surface area contributed by atoms with Gasteiger partial charge in [-0.1, -0.05) is 92.7 Å². The molecule has 0 fully saturated rings. The van der Waals surface area contributed by atoms with Gasteiger partial charge < -0.3 is 20.4 Å². The SMILES string of the molecule is CC(C)(c1ccc(O)cc1)c1ccc(C(Cc2ccc(O)cc2)c2ccc(O)cc2)cc1.Cc1ccccc1O. The molecule has 0 heterocycles. The van der Waals surface area contributed by atoms with E-state index in [0.717, 1.165) is 28.7 Å². The normalized spacial score (nSPS) is 11.8. The molecule has 4 nitrogen and oxygen atoms in total. The lowest BCUT2D eigenvalue weighted by atomic mass is 9.77. The van der Waals surface area contributed by atoms with Gasteiger partial charge in [-0.05, 0) is 89.2 Å². The van der Waals surface area contributed by atoms with Crippen LogP contribution in [0, 0.1) is 6.92 Å². The van der Waals surface area contributed by atoms with Crippen LogP contribution in [-0.4, -0.2) is 20.4 Å². The van der Waals surface area contributed by atoms with Crippen LogP contribution in [0.15, 0.2) is 121 Å². The maximum atomic E-state index is 9.74. The molecule has 0 amide bonds. The lowest BCUT2D eigenvalue weighted by molar-refractivity contribution is 0.471. The van der Waals surface area contributed by atoms with Crippen molar-refractivity contribution in [2.75, 3.05) is 0 Å². The Bertz CT molecular complexity index is 1480. The summed E-state index contributed by atoms with van der Waals surface area (Å²) in [5, 5.41) is 37.9. The fourth-order valence-electron chi connectivity index (χ4n) is 4.74. The first-order chi connectivity index (χ1) is 19.1. The Balaban J connectivity index is 0.000000398. The van der Waals surface area contributed by atoms with E-state index < -0.39 is 0 Å². The molecule has 0 aliphatic heterocycles. The van der Waals surface area contributed by atoms with Crippen LogP contribution >= 0.6 is 0 Å². The highest BCUT2D eigenvalue weighted by Gasteiger charge is 2.24. The second-order valence-electron chi connectivity index (χ2n) is 10.6. The van der Waals surface area contributed by atoms with E-state index in [-0.39, 0.29) is 28.6 Å². The minimum Gasteiger partial charge on any atom is -0.508 e. The maximum absolute atomic E-state index is 9.74. The van der Waals surface area contributed by atoms with Crippen molar-refractivity contribution in [2.24, 2.45) is 0 Å². The van der Waals surface area contributed by atoms with E-state index >= 15 is 0 Å². The number of benzene rings is 5. The van der Waals surface area contributed by atoms with Crippen LogP contribution in [0.2, 0.25) is 0 Å². The fraction of sp³-hybridized carbons (Fsp3) is 0.167. The van der Waals surface area contributed by atoms with Crippen molar-refractivity contribution in [2.45, 2.75) is 38.5 Å². The van der Waals surface area contributed by atoms with Crippen LogP contribution in [0.5, 0.6) is 23.0 Å². The number of phenolic OH excluding ortho intramolecular Hbond substituents is 4. The molecule has 5 aromatic carbocycles. The van der Waals surface area contributed by atoms with Crippen molar-refractivity contribution in [3.63, 3.8) is 0 Å². The summed E-state index contributed by atoms with van der Waals surface area (Å²) in [7, 11) is 0. The molecule has 204 valence electrons. The van der Waals surface area contributed by atoms with Gasteiger partial charge in [-0.2, -0.15) is 0 Å². The Kier molecular flexibility index (Phi) is 8.80. The molecular formula is C36H36O4. The maximum Gasteiger partial charge on any atom is 0.118 e. The van der Waals surface area contributed by atoms with Gasteiger partial charge in [-0.3, -0.25) is 0 Å². The first-order valence-corrected chi connectivity index (χ1v) is 13.3. The lowest BCUT2D eigenvalue weighted by Crippen LogP contribution is -2.19. The van der Waals surface area contributed by atoms with E-state index in [1.165, 1.54) is 11.1 Å². The molecular weight excluding hydrogens is 496 g/mol. The van der Waals surface area contributed by atoms with Crippen LogP contribution in [0.3, 0.4) is 0 Å². The van der Waals surface area contributed by atoms with Crippen molar-refractivity contribution in [3.05, 3.63) is 155 Å². The lowest BCUT2D eigenvalue weighted by Gasteiger charge is -2.27. The average molecular weight is 533 g/mol. The molecule has 40 heavy (non-hydrogen) atoms. The third-order valence-electron chi connectivity index (χ3n) is 7.41. The summed E-state index contributed by atoms with van der Waals surface area (Å²) in [4.78, 5) is 0. The number of hydrogen-bond donors (Lipinski definition) is 4. The summed E-state index contributed by atoms with van der Waals surface area (Å²) in [5.41, 5.74) is 6.51. The van der Waals surface area contributed by atoms with Crippen molar-refractivity contribution >= 4 is 0 Å². The van der Waals surface area contributed by atoms with Crippen molar-refractivity contribution < 1.29 is 20.4 Å². The van der Waals surface area contributed by atoms with E-state index in [1.54, 1.807) is 42.5 Å². The molecule has 0 radical (unpaired) electrons. The third-order valence-corrected chi connectivity index (χ3v) is 7.41. The molecule has 0 saturated heterocycles. The van der Waals surface area contributed by atoms with E-state index in [0.29, 0.717) is 5.75 Å². The highest BCUT2D eigenvalue weighted by Crippen LogP contribution is 2.35. The predicted molar refractivity (Wildman–Crippen MR) is 161 cm³/mol. The van der Waals surface area contributed by atoms with Gasteiger partial charge in [0, 0.05) is 11.3 Å². The minimum atomic E-state index is -0.197. The van der Waals surface area contributed by atoms with Gasteiger partial charge in [-0.15, -0.1) is 0 Å². The largest absolute Gasteiger partial charge is 0.508 e. The van der Waals surface area contributed by atoms with Gasteiger partial charge in [0.2, 0.25) is 0 Å². The van der Waals surface area contributed by atoms with Crippen LogP contribution in [0.25, 0.3) is 0 Å². The number of hydrogen-bond acceptors (Lipinski definition) is 4. The van der Waals surface area contributed by atoms with E-state index in [2.05, 4.69) is 38.1 Å². The van der Waals surface area contributed by atoms with Crippen molar-refractivity contribution in [1.82, 2.24) is 0 Å². The smallest absolute Gasteiger partial charge is 0.118 e. The van der Waals surface area contributed by atoms with E-state index in [4.69, 9.17) is 5.11 Å². The first-order valence-electron chi connectivity index (χ1n) is 13.3. The summed E-state index contributed by atoms with van der Waals surface area (Å²) < 4.78 is 0. The highest BCUT2D eigenvalue weighted by molar-refractivity contribution is 5.44. The van der Waals surface area contributed by atoms with E-state index in [9.17, 15) is 15.3 Å². The molecule has 0 aliphatic rings. The molecule has 4 heteroatoms. The van der Waals surface area contributed by atoms with Crippen LogP contribution in [0.4, 0.5) is 0 Å². The zero-order chi connectivity index (χ0) is 28.7. The molecule has 1 unspecified atom stereocenters. The number of aryl methyl sites for hydroxylation is 1. The monoisotopic (exact) mass is 532 g/mol. The van der Waals surface area contributed by atoms with Crippen LogP contribution in [0.1, 0.15) is 53.1 Å². The predicted octanol–water partition coefficient (Wildman–Crippen LogP) is 8.20. The number of aromatic hydroxyl groups is 4. The van der Waals surface area contributed by atoms with Gasteiger partial charge in [0.15, 0.2) is 0 Å². The van der Waals surface area contributed by atoms with Gasteiger partial charge in [0.1, 0.15) is 23.0 Å². The first kappa shape index (κ1) is 28.3.